The van der Waals surface area contributed by atoms with Gasteiger partial charge in [-0.3, -0.25) is 0 Å². The van der Waals surface area contributed by atoms with Crippen LogP contribution < -0.4 is 0 Å². The molecule has 0 aromatic carbocycles. The summed E-state index contributed by atoms with van der Waals surface area (Å²) in [5, 5.41) is 10.9. The van der Waals surface area contributed by atoms with Crippen molar-refractivity contribution in [1.29, 1.82) is 0 Å². The van der Waals surface area contributed by atoms with Crippen molar-refractivity contribution in [3.05, 3.63) is 47.6 Å². The second-order valence-corrected chi connectivity index (χ2v) is 10.6. The van der Waals surface area contributed by atoms with Crippen LogP contribution in [0.5, 0.6) is 0 Å². The van der Waals surface area contributed by atoms with E-state index in [0.29, 0.717) is 25.0 Å². The number of hydrogen-bond acceptors (Lipinski definition) is 9. The number of allylic oxidation sites excluding steroid dienone is 2. The molecule has 5 rings (SSSR count). The average Bonchev–Trinajstić information content (AvgIpc) is 3.59. The Labute approximate surface area is 209 Å². The number of aliphatic hydroxyl groups is 1. The minimum atomic E-state index is -0.887. The van der Waals surface area contributed by atoms with Crippen molar-refractivity contribution in [3.8, 4) is 0 Å². The van der Waals surface area contributed by atoms with Gasteiger partial charge in [-0.15, -0.1) is 0 Å². The van der Waals surface area contributed by atoms with E-state index in [0.717, 1.165) is 5.57 Å². The summed E-state index contributed by atoms with van der Waals surface area (Å²) in [6.45, 7) is 6.10. The Kier molecular flexibility index (Phi) is 6.21. The first kappa shape index (κ1) is 24.9. The molecule has 9 nitrogen and oxygen atoms in total. The SMILES string of the molecule is CC1=C[C@H]2O[C@@H]3C[C@@H]4OC(=O)/C=C/C=C/C(=O)OCC/C(C)=C/C(=O)OC[C@@]2(C[C@@H]1O)[C@]4(C)[C@]31CO1. The fourth-order valence-electron chi connectivity index (χ4n) is 6.46. The number of rotatable bonds is 0. The van der Waals surface area contributed by atoms with Gasteiger partial charge in [0.1, 0.15) is 18.3 Å². The predicted octanol–water partition coefficient (Wildman–Crippen LogP) is 2.09. The van der Waals surface area contributed by atoms with E-state index in [-0.39, 0.29) is 25.7 Å². The molecule has 3 heterocycles. The Balaban J connectivity index is 1.55. The summed E-state index contributed by atoms with van der Waals surface area (Å²) in [6, 6.07) is 0. The fourth-order valence-corrected chi connectivity index (χ4v) is 6.46. The first-order chi connectivity index (χ1) is 17.1. The molecule has 2 spiro atoms. The molecular weight excluding hydrogens is 468 g/mol. The van der Waals surface area contributed by atoms with Crippen LogP contribution in [0, 0.1) is 10.8 Å². The van der Waals surface area contributed by atoms with Gasteiger partial charge in [-0.2, -0.15) is 0 Å². The number of cyclic esters (lactones) is 2. The summed E-state index contributed by atoms with van der Waals surface area (Å²) < 4.78 is 29.5. The lowest BCUT2D eigenvalue weighted by Crippen LogP contribution is -2.68. The van der Waals surface area contributed by atoms with Crippen molar-refractivity contribution in [2.75, 3.05) is 19.8 Å². The van der Waals surface area contributed by atoms with Gasteiger partial charge >= 0.3 is 17.9 Å². The maximum absolute atomic E-state index is 12.8. The average molecular weight is 501 g/mol. The zero-order valence-electron chi connectivity index (χ0n) is 20.7. The van der Waals surface area contributed by atoms with Crippen LogP contribution in [0.25, 0.3) is 0 Å². The maximum atomic E-state index is 12.8. The van der Waals surface area contributed by atoms with Crippen LogP contribution in [-0.4, -0.2) is 72.9 Å². The molecular formula is C27H32O9. The molecule has 36 heavy (non-hydrogen) atoms. The van der Waals surface area contributed by atoms with Crippen molar-refractivity contribution < 1.29 is 43.2 Å². The van der Waals surface area contributed by atoms with Gasteiger partial charge in [-0.05, 0) is 25.8 Å². The predicted molar refractivity (Wildman–Crippen MR) is 125 cm³/mol. The zero-order chi connectivity index (χ0) is 25.7. The lowest BCUT2D eigenvalue weighted by atomic mass is 9.51. The molecule has 0 aromatic rings. The highest BCUT2D eigenvalue weighted by Gasteiger charge is 2.83. The highest BCUT2D eigenvalue weighted by molar-refractivity contribution is 5.85. The molecule has 2 bridgehead atoms. The van der Waals surface area contributed by atoms with Gasteiger partial charge in [0.2, 0.25) is 0 Å². The summed E-state index contributed by atoms with van der Waals surface area (Å²) >= 11 is 0. The third kappa shape index (κ3) is 3.84. The van der Waals surface area contributed by atoms with Gasteiger partial charge in [-0.1, -0.05) is 30.7 Å². The Morgan fingerprint density at radius 2 is 1.69 bits per heavy atom. The first-order valence-electron chi connectivity index (χ1n) is 12.3. The summed E-state index contributed by atoms with van der Waals surface area (Å²) in [7, 11) is 0. The van der Waals surface area contributed by atoms with E-state index in [1.807, 2.05) is 19.9 Å². The topological polar surface area (TPSA) is 121 Å². The van der Waals surface area contributed by atoms with Crippen molar-refractivity contribution in [2.24, 2.45) is 10.8 Å². The highest BCUT2D eigenvalue weighted by Crippen LogP contribution is 2.72. The van der Waals surface area contributed by atoms with Gasteiger partial charge in [0.25, 0.3) is 0 Å². The minimum absolute atomic E-state index is 0.0446. The molecule has 0 amide bonds. The van der Waals surface area contributed by atoms with Crippen LogP contribution in [0.1, 0.15) is 40.0 Å². The summed E-state index contributed by atoms with van der Waals surface area (Å²) in [5.74, 6) is -1.67. The molecule has 7 atom stereocenters. The molecule has 2 saturated heterocycles. The Bertz CT molecular complexity index is 1080. The lowest BCUT2D eigenvalue weighted by Gasteiger charge is -2.58. The first-order valence-corrected chi connectivity index (χ1v) is 12.3. The second kappa shape index (κ2) is 8.97. The molecule has 3 aliphatic heterocycles. The van der Waals surface area contributed by atoms with Crippen molar-refractivity contribution in [2.45, 2.75) is 70.1 Å². The van der Waals surface area contributed by atoms with Gasteiger partial charge in [0.05, 0.1) is 36.9 Å². The number of carbonyl (C=O) groups is 3. The minimum Gasteiger partial charge on any atom is -0.462 e. The third-order valence-corrected chi connectivity index (χ3v) is 8.73. The molecule has 194 valence electrons. The molecule has 1 N–H and O–H groups in total. The molecule has 0 radical (unpaired) electrons. The molecule has 0 aromatic heterocycles. The van der Waals surface area contributed by atoms with Crippen LogP contribution in [-0.2, 0) is 38.1 Å². The van der Waals surface area contributed by atoms with Gasteiger partial charge < -0.3 is 28.8 Å². The monoisotopic (exact) mass is 500 g/mol. The normalized spacial score (nSPS) is 46.1. The highest BCUT2D eigenvalue weighted by atomic mass is 16.6. The molecule has 3 fully saturated rings. The quantitative estimate of drug-likeness (QED) is 0.231. The van der Waals surface area contributed by atoms with E-state index in [4.69, 9.17) is 23.7 Å². The van der Waals surface area contributed by atoms with Gasteiger partial charge in [0, 0.05) is 36.5 Å². The van der Waals surface area contributed by atoms with Crippen LogP contribution in [0.15, 0.2) is 47.6 Å². The third-order valence-electron chi connectivity index (χ3n) is 8.73. The van der Waals surface area contributed by atoms with Gasteiger partial charge in [0.15, 0.2) is 0 Å². The Morgan fingerprint density at radius 3 is 2.42 bits per heavy atom. The zero-order valence-corrected chi connectivity index (χ0v) is 20.7. The number of esters is 3. The summed E-state index contributed by atoms with van der Waals surface area (Å²) in [6.07, 6.45) is 7.53. The Hall–Kier alpha value is -2.75. The van der Waals surface area contributed by atoms with E-state index in [1.54, 1.807) is 6.92 Å². The summed E-state index contributed by atoms with van der Waals surface area (Å²) in [5.41, 5.74) is -0.880. The van der Waals surface area contributed by atoms with Crippen molar-refractivity contribution in [3.63, 3.8) is 0 Å². The van der Waals surface area contributed by atoms with E-state index >= 15 is 0 Å². The standard InChI is InChI=1S/C27H32O9/c1-16-8-9-32-22(29)6-4-5-7-23(30)36-19-12-21-27(15-34-27)25(19,3)26(14-33-24(31)10-16)13-18(28)17(2)11-20(26)35-21/h4-7,10-11,18-21,28H,8-9,12-15H2,1-3H3/b6-4+,7-5+,16-10+/t18-,19-,20+,21+,25+,26+,27-/m0/s1. The number of epoxide rings is 1. The maximum Gasteiger partial charge on any atom is 0.331 e. The van der Waals surface area contributed by atoms with E-state index in [9.17, 15) is 19.5 Å². The van der Waals surface area contributed by atoms with Gasteiger partial charge in [-0.25, -0.2) is 14.4 Å². The number of carbonyl (C=O) groups excluding carboxylic acids is 3. The summed E-state index contributed by atoms with van der Waals surface area (Å²) in [4.78, 5) is 37.4. The molecule has 1 saturated carbocycles. The van der Waals surface area contributed by atoms with Crippen molar-refractivity contribution in [1.82, 2.24) is 0 Å². The van der Waals surface area contributed by atoms with Crippen LogP contribution in [0.4, 0.5) is 0 Å². The van der Waals surface area contributed by atoms with E-state index in [2.05, 4.69) is 0 Å². The number of hydrogen-bond donors (Lipinski definition) is 1. The molecule has 0 unspecified atom stereocenters. The largest absolute Gasteiger partial charge is 0.462 e. The smallest absolute Gasteiger partial charge is 0.331 e. The van der Waals surface area contributed by atoms with Crippen LogP contribution in [0.3, 0.4) is 0 Å². The van der Waals surface area contributed by atoms with E-state index < -0.39 is 52.7 Å². The lowest BCUT2D eigenvalue weighted by molar-refractivity contribution is -0.238. The van der Waals surface area contributed by atoms with Crippen molar-refractivity contribution >= 4 is 17.9 Å². The molecule has 5 aliphatic rings. The molecule has 2 aliphatic carbocycles. The fraction of sp³-hybridized carbons (Fsp3) is 0.593. The van der Waals surface area contributed by atoms with Crippen LogP contribution >= 0.6 is 0 Å². The second-order valence-electron chi connectivity index (χ2n) is 10.6. The van der Waals surface area contributed by atoms with E-state index in [1.165, 1.54) is 30.4 Å². The number of aliphatic hydroxyl groups excluding tert-OH is 1. The number of ether oxygens (including phenoxy) is 5. The van der Waals surface area contributed by atoms with Crippen LogP contribution in [0.2, 0.25) is 0 Å². The Morgan fingerprint density at radius 1 is 0.972 bits per heavy atom. The molecule has 9 heteroatoms.